The third kappa shape index (κ3) is 1.70. The maximum absolute atomic E-state index is 12.6. The maximum atomic E-state index is 12.6. The predicted octanol–water partition coefficient (Wildman–Crippen LogP) is 1.88. The summed E-state index contributed by atoms with van der Waals surface area (Å²) in [6, 6.07) is 0.658. The number of hydrogen-bond donors (Lipinski definition) is 0. The highest BCUT2D eigenvalue weighted by atomic mass is 19.3. The number of nitrogens with zero attached hydrogens (tertiary/aromatic N) is 1. The van der Waals surface area contributed by atoms with Gasteiger partial charge in [0.05, 0.1) is 0 Å². The third-order valence-electron chi connectivity index (χ3n) is 2.59. The molecule has 3 heteroatoms. The van der Waals surface area contributed by atoms with Crippen LogP contribution in [0.4, 0.5) is 8.78 Å². The van der Waals surface area contributed by atoms with Gasteiger partial charge >= 0.3 is 0 Å². The molecule has 2 fully saturated rings. The molecule has 1 nitrogen and oxygen atoms in total. The molecule has 11 heavy (non-hydrogen) atoms. The van der Waals surface area contributed by atoms with Crippen LogP contribution in [-0.2, 0) is 0 Å². The first-order chi connectivity index (χ1) is 5.17. The highest BCUT2D eigenvalue weighted by Gasteiger charge is 2.38. The Morgan fingerprint density at radius 2 is 1.64 bits per heavy atom. The molecular weight excluding hydrogens is 148 g/mol. The SMILES string of the molecule is FC1(F)CCN(C2CC2)CC1. The Morgan fingerprint density at radius 3 is 2.09 bits per heavy atom. The van der Waals surface area contributed by atoms with Crippen molar-refractivity contribution in [2.75, 3.05) is 13.1 Å². The first kappa shape index (κ1) is 7.47. The first-order valence-electron chi connectivity index (χ1n) is 4.29. The molecule has 2 rings (SSSR count). The first-order valence-corrected chi connectivity index (χ1v) is 4.29. The van der Waals surface area contributed by atoms with Gasteiger partial charge in [-0.3, -0.25) is 4.90 Å². The van der Waals surface area contributed by atoms with Crippen LogP contribution in [-0.4, -0.2) is 30.0 Å². The zero-order valence-electron chi connectivity index (χ0n) is 6.52. The van der Waals surface area contributed by atoms with Crippen molar-refractivity contribution in [3.63, 3.8) is 0 Å². The van der Waals surface area contributed by atoms with E-state index in [4.69, 9.17) is 0 Å². The molecule has 0 aromatic heterocycles. The fourth-order valence-corrected chi connectivity index (χ4v) is 1.66. The Labute approximate surface area is 65.4 Å². The lowest BCUT2D eigenvalue weighted by Gasteiger charge is -2.31. The van der Waals surface area contributed by atoms with Gasteiger partial charge < -0.3 is 0 Å². The number of rotatable bonds is 1. The summed E-state index contributed by atoms with van der Waals surface area (Å²) in [6.45, 7) is 1.22. The fourth-order valence-electron chi connectivity index (χ4n) is 1.66. The Balaban J connectivity index is 1.84. The van der Waals surface area contributed by atoms with Gasteiger partial charge in [-0.2, -0.15) is 0 Å². The molecule has 64 valence electrons. The molecule has 2 aliphatic rings. The molecule has 0 N–H and O–H groups in total. The largest absolute Gasteiger partial charge is 0.300 e. The number of piperidine rings is 1. The molecule has 1 heterocycles. The molecule has 0 aromatic rings. The van der Waals surface area contributed by atoms with Crippen molar-refractivity contribution >= 4 is 0 Å². The van der Waals surface area contributed by atoms with E-state index in [2.05, 4.69) is 4.90 Å². The lowest BCUT2D eigenvalue weighted by atomic mass is 10.1. The fraction of sp³-hybridized carbons (Fsp3) is 1.00. The van der Waals surface area contributed by atoms with Gasteiger partial charge in [0.15, 0.2) is 0 Å². The summed E-state index contributed by atoms with van der Waals surface area (Å²) in [7, 11) is 0. The van der Waals surface area contributed by atoms with Gasteiger partial charge in [-0.25, -0.2) is 8.78 Å². The summed E-state index contributed by atoms with van der Waals surface area (Å²) in [5.74, 6) is -2.37. The average Bonchev–Trinajstić information content (AvgIpc) is 2.70. The van der Waals surface area contributed by atoms with Gasteiger partial charge in [0.1, 0.15) is 0 Å². The van der Waals surface area contributed by atoms with Crippen LogP contribution in [0.5, 0.6) is 0 Å². The number of alkyl halides is 2. The Morgan fingerprint density at radius 1 is 1.09 bits per heavy atom. The van der Waals surface area contributed by atoms with Gasteiger partial charge in [-0.05, 0) is 12.8 Å². The predicted molar refractivity (Wildman–Crippen MR) is 38.8 cm³/mol. The van der Waals surface area contributed by atoms with E-state index < -0.39 is 5.92 Å². The number of likely N-dealkylation sites (tertiary alicyclic amines) is 1. The molecule has 1 saturated heterocycles. The molecule has 0 unspecified atom stereocenters. The van der Waals surface area contributed by atoms with Crippen LogP contribution >= 0.6 is 0 Å². The summed E-state index contributed by atoms with van der Waals surface area (Å²) in [5, 5.41) is 0. The zero-order valence-corrected chi connectivity index (χ0v) is 6.52. The van der Waals surface area contributed by atoms with Gasteiger partial charge in [0.25, 0.3) is 5.92 Å². The van der Waals surface area contributed by atoms with Crippen molar-refractivity contribution in [3.05, 3.63) is 0 Å². The van der Waals surface area contributed by atoms with Gasteiger partial charge in [0, 0.05) is 32.0 Å². The minimum absolute atomic E-state index is 0.0729. The van der Waals surface area contributed by atoms with Gasteiger partial charge in [-0.15, -0.1) is 0 Å². The lowest BCUT2D eigenvalue weighted by Crippen LogP contribution is -2.40. The summed E-state index contributed by atoms with van der Waals surface area (Å²) in [5.41, 5.74) is 0. The normalized spacial score (nSPS) is 32.2. The average molecular weight is 161 g/mol. The molecule has 0 bridgehead atoms. The second-order valence-corrected chi connectivity index (χ2v) is 3.62. The van der Waals surface area contributed by atoms with Crippen LogP contribution in [0.2, 0.25) is 0 Å². The summed E-state index contributed by atoms with van der Waals surface area (Å²) < 4.78 is 25.3. The van der Waals surface area contributed by atoms with Crippen molar-refractivity contribution in [3.8, 4) is 0 Å². The van der Waals surface area contributed by atoms with Crippen LogP contribution in [0.15, 0.2) is 0 Å². The molecule has 0 amide bonds. The van der Waals surface area contributed by atoms with Crippen molar-refractivity contribution in [2.24, 2.45) is 0 Å². The van der Waals surface area contributed by atoms with Gasteiger partial charge in [0.2, 0.25) is 0 Å². The molecule has 0 atom stereocenters. The van der Waals surface area contributed by atoms with Crippen LogP contribution in [0, 0.1) is 0 Å². The molecule has 0 radical (unpaired) electrons. The second-order valence-electron chi connectivity index (χ2n) is 3.62. The topological polar surface area (TPSA) is 3.24 Å². The molecule has 1 saturated carbocycles. The van der Waals surface area contributed by atoms with E-state index in [1.165, 1.54) is 12.8 Å². The molecule has 0 aromatic carbocycles. The summed E-state index contributed by atoms with van der Waals surface area (Å²) in [4.78, 5) is 2.21. The molecule has 1 aliphatic heterocycles. The smallest absolute Gasteiger partial charge is 0.250 e. The van der Waals surface area contributed by atoms with E-state index in [0.29, 0.717) is 19.1 Å². The molecular formula is C8H13F2N. The number of halogens is 2. The van der Waals surface area contributed by atoms with E-state index in [-0.39, 0.29) is 12.8 Å². The van der Waals surface area contributed by atoms with E-state index in [1.54, 1.807) is 0 Å². The minimum Gasteiger partial charge on any atom is -0.300 e. The quantitative estimate of drug-likeness (QED) is 0.567. The van der Waals surface area contributed by atoms with Gasteiger partial charge in [-0.1, -0.05) is 0 Å². The third-order valence-corrected chi connectivity index (χ3v) is 2.59. The van der Waals surface area contributed by atoms with E-state index in [9.17, 15) is 8.78 Å². The van der Waals surface area contributed by atoms with Crippen LogP contribution in [0.3, 0.4) is 0 Å². The van der Waals surface area contributed by atoms with Crippen LogP contribution in [0.1, 0.15) is 25.7 Å². The van der Waals surface area contributed by atoms with E-state index in [1.807, 2.05) is 0 Å². The van der Waals surface area contributed by atoms with Crippen molar-refractivity contribution in [2.45, 2.75) is 37.6 Å². The Kier molecular flexibility index (Phi) is 1.63. The van der Waals surface area contributed by atoms with Crippen molar-refractivity contribution < 1.29 is 8.78 Å². The highest BCUT2D eigenvalue weighted by molar-refractivity contribution is 4.89. The highest BCUT2D eigenvalue weighted by Crippen LogP contribution is 2.34. The molecule has 1 aliphatic carbocycles. The lowest BCUT2D eigenvalue weighted by molar-refractivity contribution is -0.0566. The maximum Gasteiger partial charge on any atom is 0.250 e. The standard InChI is InChI=1S/C8H13F2N/c9-8(10)3-5-11(6-4-8)7-1-2-7/h7H,1-6H2. The van der Waals surface area contributed by atoms with Crippen LogP contribution < -0.4 is 0 Å². The number of hydrogen-bond acceptors (Lipinski definition) is 1. The van der Waals surface area contributed by atoms with E-state index in [0.717, 1.165) is 0 Å². The summed E-state index contributed by atoms with van der Waals surface area (Å²) in [6.07, 6.45) is 2.60. The Bertz CT molecular complexity index is 144. The Hall–Kier alpha value is -0.180. The summed E-state index contributed by atoms with van der Waals surface area (Å²) >= 11 is 0. The van der Waals surface area contributed by atoms with Crippen molar-refractivity contribution in [1.82, 2.24) is 4.90 Å². The van der Waals surface area contributed by atoms with Crippen molar-refractivity contribution in [1.29, 1.82) is 0 Å². The van der Waals surface area contributed by atoms with Crippen LogP contribution in [0.25, 0.3) is 0 Å². The van der Waals surface area contributed by atoms with E-state index >= 15 is 0 Å². The monoisotopic (exact) mass is 161 g/mol. The minimum atomic E-state index is -2.37. The zero-order chi connectivity index (χ0) is 7.90. The second kappa shape index (κ2) is 2.41. The molecule has 0 spiro atoms.